The number of ether oxygens (including phenoxy) is 1. The normalized spacial score (nSPS) is 19.8. The van der Waals surface area contributed by atoms with Gasteiger partial charge in [-0.15, -0.1) is 0 Å². The molecule has 0 radical (unpaired) electrons. The third kappa shape index (κ3) is 3.67. The van der Waals surface area contributed by atoms with Gasteiger partial charge in [0.25, 0.3) is 0 Å². The van der Waals surface area contributed by atoms with Crippen LogP contribution in [0.3, 0.4) is 0 Å². The number of halogens is 2. The third-order valence-electron chi connectivity index (χ3n) is 5.10. The van der Waals surface area contributed by atoms with Gasteiger partial charge in [0.05, 0.1) is 30.6 Å². The molecule has 4 heterocycles. The first kappa shape index (κ1) is 19.7. The number of aromatic nitrogens is 4. The second kappa shape index (κ2) is 7.64. The van der Waals surface area contributed by atoms with Gasteiger partial charge in [0.1, 0.15) is 5.69 Å². The molecule has 7 nitrogen and oxygen atoms in total. The van der Waals surface area contributed by atoms with Crippen molar-refractivity contribution >= 4 is 11.6 Å². The first-order chi connectivity index (χ1) is 13.8. The molecule has 1 aliphatic heterocycles. The predicted octanol–water partition coefficient (Wildman–Crippen LogP) is 3.06. The maximum Gasteiger partial charge on any atom is 0.223 e. The second-order valence-electron chi connectivity index (χ2n) is 7.58. The minimum atomic E-state index is -0.711. The molecule has 2 atom stereocenters. The number of aryl methyl sites for hydroxylation is 1. The van der Waals surface area contributed by atoms with Crippen LogP contribution in [0.15, 0.2) is 18.5 Å². The Morgan fingerprint density at radius 3 is 2.79 bits per heavy atom. The van der Waals surface area contributed by atoms with Crippen LogP contribution < -0.4 is 5.32 Å². The number of aliphatic hydroxyl groups is 1. The van der Waals surface area contributed by atoms with Crippen LogP contribution in [0, 0.1) is 18.6 Å². The van der Waals surface area contributed by atoms with Crippen LogP contribution in [-0.4, -0.2) is 49.8 Å². The number of pyridine rings is 1. The van der Waals surface area contributed by atoms with E-state index in [1.165, 1.54) is 6.07 Å². The maximum absolute atomic E-state index is 14.7. The van der Waals surface area contributed by atoms with E-state index in [1.807, 2.05) is 20.8 Å². The molecule has 0 spiro atoms. The molecule has 1 saturated heterocycles. The van der Waals surface area contributed by atoms with Gasteiger partial charge >= 0.3 is 0 Å². The van der Waals surface area contributed by atoms with E-state index >= 15 is 0 Å². The van der Waals surface area contributed by atoms with Crippen LogP contribution in [0.4, 0.5) is 14.7 Å². The smallest absolute Gasteiger partial charge is 0.223 e. The fourth-order valence-corrected chi connectivity index (χ4v) is 3.76. The summed E-state index contributed by atoms with van der Waals surface area (Å²) in [6.45, 7) is 6.53. The number of imidazole rings is 1. The van der Waals surface area contributed by atoms with Gasteiger partial charge in [0.15, 0.2) is 17.3 Å². The average Bonchev–Trinajstić information content (AvgIpc) is 3.02. The van der Waals surface area contributed by atoms with Crippen molar-refractivity contribution < 1.29 is 18.6 Å². The quantitative estimate of drug-likeness (QED) is 0.697. The molecule has 3 aromatic heterocycles. The van der Waals surface area contributed by atoms with Gasteiger partial charge in [-0.1, -0.05) is 13.8 Å². The number of nitrogens with zero attached hydrogens (tertiary/aromatic N) is 4. The molecule has 2 N–H and O–H groups in total. The zero-order valence-electron chi connectivity index (χ0n) is 16.5. The summed E-state index contributed by atoms with van der Waals surface area (Å²) in [6.07, 6.45) is 2.55. The van der Waals surface area contributed by atoms with Crippen LogP contribution in [0.2, 0.25) is 0 Å². The van der Waals surface area contributed by atoms with Crippen LogP contribution in [0.25, 0.3) is 16.9 Å². The zero-order valence-corrected chi connectivity index (χ0v) is 16.5. The van der Waals surface area contributed by atoms with E-state index in [0.717, 1.165) is 17.6 Å². The Morgan fingerprint density at radius 2 is 2.07 bits per heavy atom. The molecule has 0 saturated carbocycles. The molecule has 1 aliphatic rings. The molecule has 4 rings (SSSR count). The summed E-state index contributed by atoms with van der Waals surface area (Å²) in [6, 6.07) is 0.926. The maximum atomic E-state index is 14.7. The van der Waals surface area contributed by atoms with Crippen molar-refractivity contribution in [3.05, 3.63) is 41.5 Å². The molecular formula is C20H23F2N5O2. The summed E-state index contributed by atoms with van der Waals surface area (Å²) >= 11 is 0. The van der Waals surface area contributed by atoms with E-state index < -0.39 is 17.7 Å². The Kier molecular flexibility index (Phi) is 5.18. The Bertz CT molecular complexity index is 1050. The Morgan fingerprint density at radius 1 is 1.28 bits per heavy atom. The number of rotatable bonds is 4. The van der Waals surface area contributed by atoms with Gasteiger partial charge in [0.2, 0.25) is 5.95 Å². The first-order valence-electron chi connectivity index (χ1n) is 9.58. The average molecular weight is 403 g/mol. The number of hydrogen-bond donors (Lipinski definition) is 2. The van der Waals surface area contributed by atoms with Crippen LogP contribution in [0.1, 0.15) is 37.6 Å². The Balaban J connectivity index is 1.76. The molecule has 0 aliphatic carbocycles. The van der Waals surface area contributed by atoms with Crippen molar-refractivity contribution in [3.8, 4) is 11.3 Å². The summed E-state index contributed by atoms with van der Waals surface area (Å²) in [7, 11) is 0. The van der Waals surface area contributed by atoms with E-state index in [4.69, 9.17) is 4.74 Å². The van der Waals surface area contributed by atoms with E-state index in [9.17, 15) is 13.9 Å². The lowest BCUT2D eigenvalue weighted by Crippen LogP contribution is -2.42. The summed E-state index contributed by atoms with van der Waals surface area (Å²) in [4.78, 5) is 12.5. The van der Waals surface area contributed by atoms with Crippen molar-refractivity contribution in [3.63, 3.8) is 0 Å². The molecule has 0 aromatic carbocycles. The van der Waals surface area contributed by atoms with E-state index in [1.54, 1.807) is 10.6 Å². The third-order valence-corrected chi connectivity index (χ3v) is 5.10. The summed E-state index contributed by atoms with van der Waals surface area (Å²) in [5.74, 6) is -0.935. The summed E-state index contributed by atoms with van der Waals surface area (Å²) < 4.78 is 36.1. The molecule has 9 heteroatoms. The number of anilines is 1. The lowest BCUT2D eigenvalue weighted by molar-refractivity contribution is -0.0136. The van der Waals surface area contributed by atoms with Gasteiger partial charge in [-0.05, 0) is 25.3 Å². The van der Waals surface area contributed by atoms with Gasteiger partial charge in [0, 0.05) is 24.1 Å². The molecule has 3 aromatic rings. The highest BCUT2D eigenvalue weighted by Gasteiger charge is 2.25. The Labute approximate surface area is 166 Å². The topological polar surface area (TPSA) is 84.6 Å². The standard InChI is InChI=1S/C20H23F2N5O2/c1-10(2)18-11(3)24-19-13(21)6-12(8-27(18)19)17-14(22)7-23-20(26-17)25-15-4-5-29-9-16(15)28/h6-8,10,15-16,28H,4-5,9H2,1-3H3,(H,23,25,26)/t15-,16-/m1/s1. The van der Waals surface area contributed by atoms with Gasteiger partial charge in [-0.2, -0.15) is 0 Å². The number of hydrogen-bond acceptors (Lipinski definition) is 6. The predicted molar refractivity (Wildman–Crippen MR) is 104 cm³/mol. The van der Waals surface area contributed by atoms with Crippen LogP contribution in [0.5, 0.6) is 0 Å². The monoisotopic (exact) mass is 403 g/mol. The molecule has 154 valence electrons. The van der Waals surface area contributed by atoms with Crippen LogP contribution >= 0.6 is 0 Å². The molecular weight excluding hydrogens is 380 g/mol. The number of aliphatic hydroxyl groups excluding tert-OH is 1. The fourth-order valence-electron chi connectivity index (χ4n) is 3.76. The summed E-state index contributed by atoms with van der Waals surface area (Å²) in [5, 5.41) is 13.1. The largest absolute Gasteiger partial charge is 0.389 e. The molecule has 0 amide bonds. The molecule has 0 unspecified atom stereocenters. The molecule has 1 fully saturated rings. The van der Waals surface area contributed by atoms with E-state index in [2.05, 4.69) is 20.3 Å². The van der Waals surface area contributed by atoms with Crippen LogP contribution in [-0.2, 0) is 4.74 Å². The van der Waals surface area contributed by atoms with Crippen molar-refractivity contribution in [1.82, 2.24) is 19.4 Å². The molecule has 29 heavy (non-hydrogen) atoms. The minimum Gasteiger partial charge on any atom is -0.389 e. The van der Waals surface area contributed by atoms with Gasteiger partial charge < -0.3 is 19.6 Å². The zero-order chi connectivity index (χ0) is 20.7. The lowest BCUT2D eigenvalue weighted by atomic mass is 10.1. The number of fused-ring (bicyclic) bond motifs is 1. The van der Waals surface area contributed by atoms with E-state index in [-0.39, 0.29) is 41.4 Å². The molecule has 0 bridgehead atoms. The Hall–Kier alpha value is -2.65. The minimum absolute atomic E-state index is 0.0223. The van der Waals surface area contributed by atoms with Crippen molar-refractivity contribution in [2.24, 2.45) is 0 Å². The van der Waals surface area contributed by atoms with E-state index in [0.29, 0.717) is 13.0 Å². The van der Waals surface area contributed by atoms with Crippen molar-refractivity contribution in [2.75, 3.05) is 18.5 Å². The highest BCUT2D eigenvalue weighted by molar-refractivity contribution is 5.63. The van der Waals surface area contributed by atoms with Gasteiger partial charge in [-0.25, -0.2) is 23.7 Å². The SMILES string of the molecule is Cc1nc2c(F)cc(-c3nc(N[C@@H]4CCOC[C@H]4O)ncc3F)cn2c1C(C)C. The van der Waals surface area contributed by atoms with Gasteiger partial charge in [-0.3, -0.25) is 0 Å². The highest BCUT2D eigenvalue weighted by atomic mass is 19.1. The lowest BCUT2D eigenvalue weighted by Gasteiger charge is -2.28. The first-order valence-corrected chi connectivity index (χ1v) is 9.58. The second-order valence-corrected chi connectivity index (χ2v) is 7.58. The van der Waals surface area contributed by atoms with Crippen molar-refractivity contribution in [2.45, 2.75) is 45.3 Å². The summed E-state index contributed by atoms with van der Waals surface area (Å²) in [5.41, 5.74) is 2.05. The fraction of sp³-hybridized carbons (Fsp3) is 0.450. The number of nitrogens with one attached hydrogen (secondary N) is 1. The highest BCUT2D eigenvalue weighted by Crippen LogP contribution is 2.28. The van der Waals surface area contributed by atoms with Crippen molar-refractivity contribution in [1.29, 1.82) is 0 Å².